The van der Waals surface area contributed by atoms with Gasteiger partial charge < -0.3 is 15.0 Å². The fourth-order valence-corrected chi connectivity index (χ4v) is 5.35. The Kier molecular flexibility index (Phi) is 10.8. The molecule has 2 aromatic rings. The van der Waals surface area contributed by atoms with Crippen molar-refractivity contribution in [2.75, 3.05) is 18.5 Å². The van der Waals surface area contributed by atoms with Crippen molar-refractivity contribution in [3.05, 3.63) is 59.7 Å². The molecule has 0 heterocycles. The van der Waals surface area contributed by atoms with Crippen LogP contribution in [0.1, 0.15) is 60.9 Å². The minimum absolute atomic E-state index is 0.0383. The van der Waals surface area contributed by atoms with Crippen LogP contribution in [0, 0.1) is 6.92 Å². The van der Waals surface area contributed by atoms with E-state index in [1.807, 2.05) is 16.5 Å². The second-order valence-corrected chi connectivity index (χ2v) is 11.1. The second kappa shape index (κ2) is 14.1. The van der Waals surface area contributed by atoms with E-state index in [-0.39, 0.29) is 34.8 Å². The Morgan fingerprint density at radius 3 is 2.42 bits per heavy atom. The summed E-state index contributed by atoms with van der Waals surface area (Å²) in [4.78, 5) is 38.8. The molecule has 0 bridgehead atoms. The minimum atomic E-state index is -4.05. The van der Waals surface area contributed by atoms with Crippen molar-refractivity contribution < 1.29 is 27.5 Å². The number of amides is 4. The van der Waals surface area contributed by atoms with Crippen LogP contribution in [0.4, 0.5) is 15.3 Å². The Hall–Kier alpha value is -3.25. The Morgan fingerprint density at radius 1 is 1.03 bits per heavy atom. The predicted octanol–water partition coefficient (Wildman–Crippen LogP) is 4.63. The van der Waals surface area contributed by atoms with Gasteiger partial charge in [0.25, 0.3) is 10.0 Å². The molecule has 206 valence electrons. The van der Waals surface area contributed by atoms with Crippen LogP contribution in [0.2, 0.25) is 0 Å². The number of thiol groups is 1. The van der Waals surface area contributed by atoms with Crippen LogP contribution in [0.15, 0.2) is 53.4 Å². The number of carbonyl (C=O) groups is 3. The Morgan fingerprint density at radius 2 is 1.74 bits per heavy atom. The van der Waals surface area contributed by atoms with Gasteiger partial charge in [-0.3, -0.25) is 4.72 Å². The number of anilines is 1. The van der Waals surface area contributed by atoms with Gasteiger partial charge in [-0.25, -0.2) is 27.5 Å². The number of sulfonamides is 1. The van der Waals surface area contributed by atoms with E-state index < -0.39 is 22.0 Å². The van der Waals surface area contributed by atoms with E-state index in [9.17, 15) is 22.8 Å². The first-order valence-electron chi connectivity index (χ1n) is 12.6. The van der Waals surface area contributed by atoms with Gasteiger partial charge in [-0.05, 0) is 62.9 Å². The molecule has 0 radical (unpaired) electrons. The van der Waals surface area contributed by atoms with E-state index in [0.29, 0.717) is 19.4 Å². The molecule has 0 spiro atoms. The second-order valence-electron chi connectivity index (χ2n) is 9.20. The van der Waals surface area contributed by atoms with Crippen LogP contribution in [-0.4, -0.2) is 50.5 Å². The summed E-state index contributed by atoms with van der Waals surface area (Å²) in [6.45, 7) is 2.55. The topological polar surface area (TPSA) is 134 Å². The van der Waals surface area contributed by atoms with Crippen LogP contribution >= 0.6 is 12.8 Å². The van der Waals surface area contributed by atoms with E-state index in [0.717, 1.165) is 31.2 Å². The molecule has 0 saturated heterocycles. The number of ether oxygens (including phenoxy) is 1. The number of unbranched alkanes of at least 4 members (excludes halogenated alkanes) is 1. The van der Waals surface area contributed by atoms with Gasteiger partial charge in [-0.2, -0.15) is 0 Å². The molecule has 4 amide bonds. The first kappa shape index (κ1) is 29.3. The van der Waals surface area contributed by atoms with E-state index in [2.05, 4.69) is 22.9 Å². The number of hydrogen-bond acceptors (Lipinski definition) is 7. The molecule has 1 aliphatic carbocycles. The number of carbonyl (C=O) groups excluding carboxylic acids is 3. The molecule has 0 aliphatic heterocycles. The zero-order chi connectivity index (χ0) is 27.5. The molecule has 0 unspecified atom stereocenters. The lowest BCUT2D eigenvalue weighted by Gasteiger charge is -2.33. The standard InChI is InChI=1S/C26H34N4O6S2/c1-19-12-14-23(15-13-19)38(34,35)29-25(32)27-21-9-7-8-20(18-21)24(31)36-17-6-5-16-30(26(33)28-37)22-10-3-2-4-11-22/h7-9,12-15,18,22,37H,2-6,10-11,16-17H2,1H3,(H,28,33)(H2,27,29,32). The smallest absolute Gasteiger partial charge is 0.338 e. The van der Waals surface area contributed by atoms with Crippen molar-refractivity contribution in [1.29, 1.82) is 0 Å². The lowest BCUT2D eigenvalue weighted by Crippen LogP contribution is -2.45. The SMILES string of the molecule is Cc1ccc(S(=O)(=O)NC(=O)Nc2cccc(C(=O)OCCCCN(C(=O)NS)C3CCCCC3)c2)cc1. The zero-order valence-electron chi connectivity index (χ0n) is 21.3. The molecule has 3 rings (SSSR count). The highest BCUT2D eigenvalue weighted by atomic mass is 32.2. The van der Waals surface area contributed by atoms with E-state index in [1.165, 1.54) is 36.8 Å². The number of nitrogens with zero attached hydrogens (tertiary/aromatic N) is 1. The first-order valence-corrected chi connectivity index (χ1v) is 14.5. The van der Waals surface area contributed by atoms with Crippen molar-refractivity contribution in [2.24, 2.45) is 0 Å². The van der Waals surface area contributed by atoms with Crippen LogP contribution in [0.5, 0.6) is 0 Å². The molecule has 3 N–H and O–H groups in total. The largest absolute Gasteiger partial charge is 0.462 e. The molecule has 1 fully saturated rings. The number of benzene rings is 2. The quantitative estimate of drug-likeness (QED) is 0.190. The monoisotopic (exact) mass is 562 g/mol. The Bertz CT molecular complexity index is 1210. The number of rotatable bonds is 10. The summed E-state index contributed by atoms with van der Waals surface area (Å²) in [5.74, 6) is -0.571. The van der Waals surface area contributed by atoms with Gasteiger partial charge in [-0.1, -0.05) is 55.8 Å². The molecule has 0 atom stereocenters. The van der Waals surface area contributed by atoms with Gasteiger partial charge in [0.05, 0.1) is 17.1 Å². The van der Waals surface area contributed by atoms with E-state index in [1.54, 1.807) is 18.2 Å². The van der Waals surface area contributed by atoms with Crippen molar-refractivity contribution >= 4 is 46.6 Å². The van der Waals surface area contributed by atoms with Gasteiger partial charge in [0.15, 0.2) is 0 Å². The maximum Gasteiger partial charge on any atom is 0.338 e. The highest BCUT2D eigenvalue weighted by Gasteiger charge is 2.24. The Labute approximate surface area is 229 Å². The van der Waals surface area contributed by atoms with E-state index >= 15 is 0 Å². The van der Waals surface area contributed by atoms with Gasteiger partial charge in [0.2, 0.25) is 0 Å². The minimum Gasteiger partial charge on any atom is -0.462 e. The number of aryl methyl sites for hydroxylation is 1. The number of esters is 1. The molecule has 1 saturated carbocycles. The molecule has 0 aromatic heterocycles. The summed E-state index contributed by atoms with van der Waals surface area (Å²) in [6.07, 6.45) is 6.62. The Balaban J connectivity index is 1.46. The third-order valence-corrected chi connectivity index (χ3v) is 7.85. The van der Waals surface area contributed by atoms with Crippen LogP contribution < -0.4 is 14.8 Å². The summed E-state index contributed by atoms with van der Waals surface area (Å²) in [5, 5.41) is 2.42. The maximum atomic E-state index is 12.5. The molecule has 1 aliphatic rings. The lowest BCUT2D eigenvalue weighted by atomic mass is 9.94. The van der Waals surface area contributed by atoms with Gasteiger partial charge in [0, 0.05) is 18.3 Å². The fourth-order valence-electron chi connectivity index (χ4n) is 4.32. The number of urea groups is 2. The molecule has 38 heavy (non-hydrogen) atoms. The summed E-state index contributed by atoms with van der Waals surface area (Å²) < 4.78 is 34.5. The predicted molar refractivity (Wildman–Crippen MR) is 148 cm³/mol. The van der Waals surface area contributed by atoms with Crippen LogP contribution in [-0.2, 0) is 14.8 Å². The summed E-state index contributed by atoms with van der Waals surface area (Å²) in [5.41, 5.74) is 1.33. The zero-order valence-corrected chi connectivity index (χ0v) is 23.0. The number of hydrogen-bond donors (Lipinski definition) is 4. The van der Waals surface area contributed by atoms with Crippen LogP contribution in [0.25, 0.3) is 0 Å². The van der Waals surface area contributed by atoms with Crippen LogP contribution in [0.3, 0.4) is 0 Å². The van der Waals surface area contributed by atoms with Crippen molar-refractivity contribution in [3.8, 4) is 0 Å². The van der Waals surface area contributed by atoms with Crippen molar-refractivity contribution in [2.45, 2.75) is 62.8 Å². The highest BCUT2D eigenvalue weighted by Crippen LogP contribution is 2.23. The highest BCUT2D eigenvalue weighted by molar-refractivity contribution is 7.90. The third kappa shape index (κ3) is 8.66. The number of nitrogens with one attached hydrogen (secondary N) is 3. The lowest BCUT2D eigenvalue weighted by molar-refractivity contribution is 0.0493. The van der Waals surface area contributed by atoms with Gasteiger partial charge >= 0.3 is 18.0 Å². The molecule has 10 nitrogen and oxygen atoms in total. The summed E-state index contributed by atoms with van der Waals surface area (Å²) in [7, 11) is -4.05. The fraction of sp³-hybridized carbons (Fsp3) is 0.423. The average Bonchev–Trinajstić information content (AvgIpc) is 2.90. The molecule has 2 aromatic carbocycles. The maximum absolute atomic E-state index is 12.5. The molecular weight excluding hydrogens is 528 g/mol. The van der Waals surface area contributed by atoms with Crippen molar-refractivity contribution in [1.82, 2.24) is 14.3 Å². The first-order chi connectivity index (χ1) is 18.2. The molecule has 12 heteroatoms. The van der Waals surface area contributed by atoms with E-state index in [4.69, 9.17) is 4.74 Å². The normalized spacial score (nSPS) is 13.8. The van der Waals surface area contributed by atoms with Gasteiger partial charge in [0.1, 0.15) is 0 Å². The van der Waals surface area contributed by atoms with Gasteiger partial charge in [-0.15, -0.1) is 0 Å². The average molecular weight is 563 g/mol. The summed E-state index contributed by atoms with van der Waals surface area (Å²) in [6, 6.07) is 11.1. The van der Waals surface area contributed by atoms with Crippen molar-refractivity contribution in [3.63, 3.8) is 0 Å². The molecular formula is C26H34N4O6S2. The summed E-state index contributed by atoms with van der Waals surface area (Å²) >= 11 is 3.90. The third-order valence-electron chi connectivity index (χ3n) is 6.31.